The molecule has 20 heavy (non-hydrogen) atoms. The quantitative estimate of drug-likeness (QED) is 0.844. The van der Waals surface area contributed by atoms with Crippen LogP contribution in [0.15, 0.2) is 41.0 Å². The molecule has 0 radical (unpaired) electrons. The van der Waals surface area contributed by atoms with Crippen LogP contribution in [0, 0.1) is 0 Å². The number of likely N-dealkylation sites (N-methyl/N-ethyl adjacent to an activating group) is 1. The van der Waals surface area contributed by atoms with Crippen LogP contribution in [0.5, 0.6) is 5.75 Å². The summed E-state index contributed by atoms with van der Waals surface area (Å²) in [6.45, 7) is 0.743. The molecule has 2 aromatic rings. The molecule has 1 aromatic heterocycles. The summed E-state index contributed by atoms with van der Waals surface area (Å²) in [6.07, 6.45) is 1.38. The van der Waals surface area contributed by atoms with Crippen LogP contribution >= 0.6 is 23.2 Å². The van der Waals surface area contributed by atoms with Gasteiger partial charge in [0, 0.05) is 7.05 Å². The standard InChI is InChI=1S/C14H13Cl2NO3/c1-17(14(18)10-6-8-20-13(10)16)7-9-19-12-5-3-2-4-11(12)15/h2-6,8H,7,9H2,1H3. The third-order valence-corrected chi connectivity index (χ3v) is 3.32. The second-order valence-electron chi connectivity index (χ2n) is 4.11. The van der Waals surface area contributed by atoms with E-state index < -0.39 is 0 Å². The molecule has 2 rings (SSSR count). The van der Waals surface area contributed by atoms with E-state index >= 15 is 0 Å². The summed E-state index contributed by atoms with van der Waals surface area (Å²) in [4.78, 5) is 13.5. The van der Waals surface area contributed by atoms with Gasteiger partial charge in [-0.05, 0) is 29.8 Å². The lowest BCUT2D eigenvalue weighted by Gasteiger charge is -2.17. The number of halogens is 2. The summed E-state index contributed by atoms with van der Waals surface area (Å²) in [5.41, 5.74) is 0.340. The van der Waals surface area contributed by atoms with Crippen molar-refractivity contribution in [2.75, 3.05) is 20.2 Å². The van der Waals surface area contributed by atoms with Gasteiger partial charge in [0.05, 0.1) is 23.4 Å². The van der Waals surface area contributed by atoms with E-state index in [1.807, 2.05) is 12.1 Å². The third-order valence-electron chi connectivity index (χ3n) is 2.72. The molecule has 0 saturated heterocycles. The Bertz CT molecular complexity index is 598. The summed E-state index contributed by atoms with van der Waals surface area (Å²) < 4.78 is 10.4. The number of ether oxygens (including phenoxy) is 1. The summed E-state index contributed by atoms with van der Waals surface area (Å²) >= 11 is 11.7. The molecule has 0 fully saturated rings. The fourth-order valence-corrected chi connectivity index (χ4v) is 1.99. The Morgan fingerprint density at radius 3 is 2.70 bits per heavy atom. The van der Waals surface area contributed by atoms with E-state index in [-0.39, 0.29) is 11.1 Å². The van der Waals surface area contributed by atoms with Crippen molar-refractivity contribution in [3.63, 3.8) is 0 Å². The third kappa shape index (κ3) is 3.46. The van der Waals surface area contributed by atoms with Gasteiger partial charge in [-0.15, -0.1) is 0 Å². The van der Waals surface area contributed by atoms with Gasteiger partial charge in [-0.2, -0.15) is 0 Å². The van der Waals surface area contributed by atoms with Crippen LogP contribution in [-0.2, 0) is 0 Å². The van der Waals surface area contributed by atoms with Crippen LogP contribution in [0.25, 0.3) is 0 Å². The number of benzene rings is 1. The van der Waals surface area contributed by atoms with Gasteiger partial charge in [-0.25, -0.2) is 0 Å². The normalized spacial score (nSPS) is 10.3. The summed E-state index contributed by atoms with van der Waals surface area (Å²) in [6, 6.07) is 8.72. The Hall–Kier alpha value is -1.65. The van der Waals surface area contributed by atoms with E-state index in [1.165, 1.54) is 17.2 Å². The van der Waals surface area contributed by atoms with Crippen molar-refractivity contribution >= 4 is 29.1 Å². The van der Waals surface area contributed by atoms with E-state index in [1.54, 1.807) is 19.2 Å². The Morgan fingerprint density at radius 2 is 2.05 bits per heavy atom. The zero-order valence-corrected chi connectivity index (χ0v) is 12.3. The van der Waals surface area contributed by atoms with E-state index in [2.05, 4.69) is 0 Å². The maximum atomic E-state index is 12.0. The first-order valence-corrected chi connectivity index (χ1v) is 6.71. The molecular weight excluding hydrogens is 301 g/mol. The molecule has 1 aromatic carbocycles. The van der Waals surface area contributed by atoms with E-state index in [0.717, 1.165) is 0 Å². The Morgan fingerprint density at radius 1 is 1.30 bits per heavy atom. The molecule has 0 spiro atoms. The summed E-state index contributed by atoms with van der Waals surface area (Å²) in [5, 5.41) is 0.633. The topological polar surface area (TPSA) is 42.7 Å². The Balaban J connectivity index is 1.87. The minimum absolute atomic E-state index is 0.0915. The fourth-order valence-electron chi connectivity index (χ4n) is 1.61. The maximum Gasteiger partial charge on any atom is 0.258 e. The molecule has 0 aliphatic carbocycles. The van der Waals surface area contributed by atoms with Crippen molar-refractivity contribution in [1.29, 1.82) is 0 Å². The minimum atomic E-state index is -0.216. The monoisotopic (exact) mass is 313 g/mol. The number of furan rings is 1. The highest BCUT2D eigenvalue weighted by molar-refractivity contribution is 6.32. The summed E-state index contributed by atoms with van der Waals surface area (Å²) in [7, 11) is 1.67. The molecule has 0 atom stereocenters. The van der Waals surface area contributed by atoms with Crippen molar-refractivity contribution < 1.29 is 13.9 Å². The second kappa shape index (κ2) is 6.68. The zero-order chi connectivity index (χ0) is 14.5. The minimum Gasteiger partial charge on any atom is -0.490 e. The smallest absolute Gasteiger partial charge is 0.258 e. The van der Waals surface area contributed by atoms with Crippen molar-refractivity contribution in [3.05, 3.63) is 52.4 Å². The number of carbonyl (C=O) groups is 1. The Labute approximate surface area is 126 Å². The molecule has 0 bridgehead atoms. The van der Waals surface area contributed by atoms with Gasteiger partial charge in [0.1, 0.15) is 12.4 Å². The fraction of sp³-hybridized carbons (Fsp3) is 0.214. The Kier molecular flexibility index (Phi) is 4.93. The molecule has 0 aliphatic heterocycles. The van der Waals surface area contributed by atoms with Crippen molar-refractivity contribution in [1.82, 2.24) is 4.90 Å². The lowest BCUT2D eigenvalue weighted by atomic mass is 10.3. The van der Waals surface area contributed by atoms with E-state index in [4.69, 9.17) is 32.4 Å². The molecule has 4 nitrogen and oxygen atoms in total. The molecule has 1 heterocycles. The highest BCUT2D eigenvalue weighted by Crippen LogP contribution is 2.23. The van der Waals surface area contributed by atoms with Crippen LogP contribution in [0.2, 0.25) is 10.2 Å². The predicted octanol–water partition coefficient (Wildman–Crippen LogP) is 3.74. The number of rotatable bonds is 5. The number of hydrogen-bond donors (Lipinski definition) is 0. The first-order chi connectivity index (χ1) is 9.59. The second-order valence-corrected chi connectivity index (χ2v) is 4.86. The SMILES string of the molecule is CN(CCOc1ccccc1Cl)C(=O)c1ccoc1Cl. The molecule has 0 unspecified atom stereocenters. The highest BCUT2D eigenvalue weighted by atomic mass is 35.5. The predicted molar refractivity (Wildman–Crippen MR) is 77.6 cm³/mol. The number of amides is 1. The molecular formula is C14H13Cl2NO3. The number of carbonyl (C=O) groups excluding carboxylic acids is 1. The van der Waals surface area contributed by atoms with Crippen molar-refractivity contribution in [3.8, 4) is 5.75 Å². The van der Waals surface area contributed by atoms with Crippen molar-refractivity contribution in [2.45, 2.75) is 0 Å². The first-order valence-electron chi connectivity index (χ1n) is 5.95. The molecule has 0 N–H and O–H groups in total. The molecule has 0 aliphatic rings. The molecule has 6 heteroatoms. The van der Waals surface area contributed by atoms with Crippen LogP contribution < -0.4 is 4.74 Å². The average Bonchev–Trinajstić information content (AvgIpc) is 2.86. The number of para-hydroxylation sites is 1. The largest absolute Gasteiger partial charge is 0.490 e. The van der Waals surface area contributed by atoms with Gasteiger partial charge in [-0.1, -0.05) is 23.7 Å². The zero-order valence-electron chi connectivity index (χ0n) is 10.8. The highest BCUT2D eigenvalue weighted by Gasteiger charge is 2.17. The lowest BCUT2D eigenvalue weighted by Crippen LogP contribution is -2.30. The number of hydrogen-bond acceptors (Lipinski definition) is 3. The molecule has 106 valence electrons. The molecule has 0 saturated carbocycles. The number of nitrogens with zero attached hydrogens (tertiary/aromatic N) is 1. The van der Waals surface area contributed by atoms with Gasteiger partial charge in [0.15, 0.2) is 0 Å². The maximum absolute atomic E-state index is 12.0. The van der Waals surface area contributed by atoms with Gasteiger partial charge in [-0.3, -0.25) is 4.79 Å². The molecule has 1 amide bonds. The van der Waals surface area contributed by atoms with Crippen LogP contribution in [0.1, 0.15) is 10.4 Å². The van der Waals surface area contributed by atoms with E-state index in [9.17, 15) is 4.79 Å². The van der Waals surface area contributed by atoms with Gasteiger partial charge in [0.25, 0.3) is 5.91 Å². The first kappa shape index (κ1) is 14.8. The van der Waals surface area contributed by atoms with Crippen LogP contribution in [0.4, 0.5) is 0 Å². The lowest BCUT2D eigenvalue weighted by molar-refractivity contribution is 0.0773. The van der Waals surface area contributed by atoms with Crippen LogP contribution in [-0.4, -0.2) is 31.0 Å². The van der Waals surface area contributed by atoms with E-state index in [0.29, 0.717) is 29.5 Å². The van der Waals surface area contributed by atoms with Gasteiger partial charge in [0.2, 0.25) is 5.22 Å². The van der Waals surface area contributed by atoms with Gasteiger partial charge >= 0.3 is 0 Å². The van der Waals surface area contributed by atoms with Crippen LogP contribution in [0.3, 0.4) is 0 Å². The van der Waals surface area contributed by atoms with Gasteiger partial charge < -0.3 is 14.1 Å². The summed E-state index contributed by atoms with van der Waals surface area (Å²) in [5.74, 6) is 0.378. The average molecular weight is 314 g/mol. The van der Waals surface area contributed by atoms with Crippen molar-refractivity contribution in [2.24, 2.45) is 0 Å².